The van der Waals surface area contributed by atoms with E-state index in [0.29, 0.717) is 28.7 Å². The molecule has 0 aliphatic heterocycles. The van der Waals surface area contributed by atoms with E-state index in [4.69, 9.17) is 4.74 Å². The highest BCUT2D eigenvalue weighted by molar-refractivity contribution is 6.06. The molecule has 7 heteroatoms. The first-order valence-electron chi connectivity index (χ1n) is 9.63. The van der Waals surface area contributed by atoms with Crippen LogP contribution in [0.15, 0.2) is 97.8 Å². The Labute approximate surface area is 178 Å². The van der Waals surface area contributed by atoms with Gasteiger partial charge in [0.15, 0.2) is 0 Å². The summed E-state index contributed by atoms with van der Waals surface area (Å²) in [5, 5.41) is 5.04. The van der Waals surface area contributed by atoms with Crippen LogP contribution >= 0.6 is 0 Å². The number of rotatable bonds is 5. The first-order chi connectivity index (χ1) is 15.2. The first kappa shape index (κ1) is 18.5. The van der Waals surface area contributed by atoms with Gasteiger partial charge in [0.2, 0.25) is 5.88 Å². The summed E-state index contributed by atoms with van der Waals surface area (Å²) in [6.45, 7) is 0. The molecule has 3 aromatic carbocycles. The lowest BCUT2D eigenvalue weighted by Gasteiger charge is -2.09. The van der Waals surface area contributed by atoms with Gasteiger partial charge >= 0.3 is 0 Å². The molecule has 2 aromatic heterocycles. The van der Waals surface area contributed by atoms with Gasteiger partial charge in [-0.05, 0) is 47.2 Å². The van der Waals surface area contributed by atoms with Gasteiger partial charge in [0, 0.05) is 29.7 Å². The number of nitrogens with one attached hydrogen (secondary N) is 1. The number of aromatic nitrogens is 4. The number of amides is 1. The molecular formula is C24H17N5O2. The van der Waals surface area contributed by atoms with Gasteiger partial charge in [-0.1, -0.05) is 30.3 Å². The monoisotopic (exact) mass is 407 g/mol. The number of anilines is 1. The van der Waals surface area contributed by atoms with Gasteiger partial charge in [0.1, 0.15) is 24.2 Å². The van der Waals surface area contributed by atoms with Crippen LogP contribution in [-0.2, 0) is 0 Å². The van der Waals surface area contributed by atoms with Crippen molar-refractivity contribution in [3.8, 4) is 17.4 Å². The van der Waals surface area contributed by atoms with Gasteiger partial charge < -0.3 is 10.1 Å². The highest BCUT2D eigenvalue weighted by Gasteiger charge is 2.08. The van der Waals surface area contributed by atoms with E-state index in [1.54, 1.807) is 53.6 Å². The maximum Gasteiger partial charge on any atom is 0.255 e. The van der Waals surface area contributed by atoms with Crippen molar-refractivity contribution >= 4 is 22.4 Å². The lowest BCUT2D eigenvalue weighted by Crippen LogP contribution is -2.11. The van der Waals surface area contributed by atoms with Crippen LogP contribution in [0.25, 0.3) is 16.6 Å². The van der Waals surface area contributed by atoms with Crippen LogP contribution in [0, 0.1) is 0 Å². The van der Waals surface area contributed by atoms with Crippen LogP contribution in [0.2, 0.25) is 0 Å². The number of carbonyl (C=O) groups excluding carboxylic acids is 1. The van der Waals surface area contributed by atoms with E-state index >= 15 is 0 Å². The molecule has 2 heterocycles. The molecule has 0 saturated carbocycles. The number of ether oxygens (including phenoxy) is 1. The SMILES string of the molecule is O=C(Nc1ccc(Oc2cc(-n3ccnc3)ncn2)cc1)c1ccc2ccccc2c1. The molecule has 0 saturated heterocycles. The Morgan fingerprint density at radius 3 is 2.55 bits per heavy atom. The van der Waals surface area contributed by atoms with E-state index in [2.05, 4.69) is 20.3 Å². The Balaban J connectivity index is 1.27. The molecule has 150 valence electrons. The maximum atomic E-state index is 12.6. The zero-order valence-corrected chi connectivity index (χ0v) is 16.3. The van der Waals surface area contributed by atoms with Crippen molar-refractivity contribution in [2.45, 2.75) is 0 Å². The molecule has 0 unspecified atom stereocenters. The molecule has 7 nitrogen and oxygen atoms in total. The van der Waals surface area contributed by atoms with Crippen LogP contribution in [-0.4, -0.2) is 25.4 Å². The quantitative estimate of drug-likeness (QED) is 0.450. The summed E-state index contributed by atoms with van der Waals surface area (Å²) in [7, 11) is 0. The second-order valence-corrected chi connectivity index (χ2v) is 6.83. The van der Waals surface area contributed by atoms with Crippen molar-refractivity contribution < 1.29 is 9.53 Å². The fourth-order valence-electron chi connectivity index (χ4n) is 3.18. The number of benzene rings is 3. The van der Waals surface area contributed by atoms with E-state index in [1.165, 1.54) is 6.33 Å². The smallest absolute Gasteiger partial charge is 0.255 e. The van der Waals surface area contributed by atoms with Crippen molar-refractivity contribution in [3.63, 3.8) is 0 Å². The van der Waals surface area contributed by atoms with Gasteiger partial charge in [-0.25, -0.2) is 15.0 Å². The summed E-state index contributed by atoms with van der Waals surface area (Å²) in [4.78, 5) is 25.0. The summed E-state index contributed by atoms with van der Waals surface area (Å²) < 4.78 is 7.58. The average Bonchev–Trinajstić information content (AvgIpc) is 3.35. The minimum atomic E-state index is -0.166. The van der Waals surface area contributed by atoms with Gasteiger partial charge in [0.05, 0.1) is 0 Å². The minimum Gasteiger partial charge on any atom is -0.439 e. The highest BCUT2D eigenvalue weighted by atomic mass is 16.5. The third-order valence-corrected chi connectivity index (χ3v) is 4.74. The van der Waals surface area contributed by atoms with Crippen LogP contribution in [0.3, 0.4) is 0 Å². The lowest BCUT2D eigenvalue weighted by atomic mass is 10.1. The highest BCUT2D eigenvalue weighted by Crippen LogP contribution is 2.23. The van der Waals surface area contributed by atoms with E-state index < -0.39 is 0 Å². The molecule has 31 heavy (non-hydrogen) atoms. The van der Waals surface area contributed by atoms with Crippen LogP contribution in [0.1, 0.15) is 10.4 Å². The number of hydrogen-bond donors (Lipinski definition) is 1. The van der Waals surface area contributed by atoms with Gasteiger partial charge in [-0.15, -0.1) is 0 Å². The van der Waals surface area contributed by atoms with Crippen molar-refractivity contribution in [2.75, 3.05) is 5.32 Å². The maximum absolute atomic E-state index is 12.6. The topological polar surface area (TPSA) is 81.9 Å². The molecule has 5 rings (SSSR count). The zero-order chi connectivity index (χ0) is 21.0. The molecule has 0 radical (unpaired) electrons. The molecule has 0 aliphatic carbocycles. The van der Waals surface area contributed by atoms with Gasteiger partial charge in [-0.2, -0.15) is 0 Å². The minimum absolute atomic E-state index is 0.166. The molecule has 1 amide bonds. The molecule has 0 fully saturated rings. The fraction of sp³-hybridized carbons (Fsp3) is 0. The van der Waals surface area contributed by atoms with E-state index in [9.17, 15) is 4.79 Å². The number of fused-ring (bicyclic) bond motifs is 1. The van der Waals surface area contributed by atoms with Crippen molar-refractivity contribution in [2.24, 2.45) is 0 Å². The Bertz CT molecular complexity index is 1350. The summed E-state index contributed by atoms with van der Waals surface area (Å²) in [5.74, 6) is 1.49. The second-order valence-electron chi connectivity index (χ2n) is 6.83. The largest absolute Gasteiger partial charge is 0.439 e. The Hall–Kier alpha value is -4.52. The zero-order valence-electron chi connectivity index (χ0n) is 16.3. The number of nitrogens with zero attached hydrogens (tertiary/aromatic N) is 4. The van der Waals surface area contributed by atoms with E-state index in [0.717, 1.165) is 10.8 Å². The fourth-order valence-corrected chi connectivity index (χ4v) is 3.18. The average molecular weight is 407 g/mol. The van der Waals surface area contributed by atoms with Crippen LogP contribution < -0.4 is 10.1 Å². The molecule has 5 aromatic rings. The van der Waals surface area contributed by atoms with Gasteiger partial charge in [0.25, 0.3) is 5.91 Å². The lowest BCUT2D eigenvalue weighted by molar-refractivity contribution is 0.102. The second kappa shape index (κ2) is 8.08. The number of imidazole rings is 1. The van der Waals surface area contributed by atoms with Crippen LogP contribution in [0.4, 0.5) is 5.69 Å². The van der Waals surface area contributed by atoms with Gasteiger partial charge in [-0.3, -0.25) is 9.36 Å². The van der Waals surface area contributed by atoms with Crippen molar-refractivity contribution in [1.29, 1.82) is 0 Å². The molecule has 1 N–H and O–H groups in total. The third kappa shape index (κ3) is 4.11. The molecule has 0 bridgehead atoms. The third-order valence-electron chi connectivity index (χ3n) is 4.74. The van der Waals surface area contributed by atoms with Crippen molar-refractivity contribution in [1.82, 2.24) is 19.5 Å². The standard InChI is InChI=1S/C24H17N5O2/c30-24(19-6-5-17-3-1-2-4-18(17)13-19)28-20-7-9-21(10-8-20)31-23-14-22(26-15-27-23)29-12-11-25-16-29/h1-16H,(H,28,30). The number of carbonyl (C=O) groups is 1. The summed E-state index contributed by atoms with van der Waals surface area (Å²) in [6, 6.07) is 22.4. The molecule has 0 atom stereocenters. The first-order valence-corrected chi connectivity index (χ1v) is 9.63. The van der Waals surface area contributed by atoms with Crippen molar-refractivity contribution in [3.05, 3.63) is 103 Å². The summed E-state index contributed by atoms with van der Waals surface area (Å²) in [5.41, 5.74) is 1.28. The molecule has 0 spiro atoms. The van der Waals surface area contributed by atoms with E-state index in [-0.39, 0.29) is 5.91 Å². The normalized spacial score (nSPS) is 10.7. The predicted octanol–water partition coefficient (Wildman–Crippen LogP) is 4.86. The molecular weight excluding hydrogens is 390 g/mol. The summed E-state index contributed by atoms with van der Waals surface area (Å²) in [6.07, 6.45) is 6.55. The predicted molar refractivity (Wildman–Crippen MR) is 118 cm³/mol. The Morgan fingerprint density at radius 1 is 0.903 bits per heavy atom. The Kier molecular flexibility index (Phi) is 4.82. The Morgan fingerprint density at radius 2 is 1.74 bits per heavy atom. The van der Waals surface area contributed by atoms with Crippen LogP contribution in [0.5, 0.6) is 11.6 Å². The number of hydrogen-bond acceptors (Lipinski definition) is 5. The van der Waals surface area contributed by atoms with E-state index in [1.807, 2.05) is 42.5 Å². The molecule has 0 aliphatic rings. The summed E-state index contributed by atoms with van der Waals surface area (Å²) >= 11 is 0.